The summed E-state index contributed by atoms with van der Waals surface area (Å²) in [5.74, 6) is 0.298. The van der Waals surface area contributed by atoms with Crippen molar-refractivity contribution >= 4 is 5.97 Å². The lowest BCUT2D eigenvalue weighted by Gasteiger charge is -2.13. The quantitative estimate of drug-likeness (QED) is 0.858. The molecule has 1 unspecified atom stereocenters. The molecule has 1 N–H and O–H groups in total. The Morgan fingerprint density at radius 1 is 1.14 bits per heavy atom. The van der Waals surface area contributed by atoms with Gasteiger partial charge in [0.05, 0.1) is 18.8 Å². The van der Waals surface area contributed by atoms with Crippen molar-refractivity contribution in [3.63, 3.8) is 0 Å². The Morgan fingerprint density at radius 3 is 2.43 bits per heavy atom. The molecule has 21 heavy (non-hydrogen) atoms. The first kappa shape index (κ1) is 15.1. The van der Waals surface area contributed by atoms with Crippen molar-refractivity contribution < 1.29 is 19.4 Å². The number of carbonyl (C=O) groups is 1. The minimum Gasteiger partial charge on any atom is -0.489 e. The molecule has 0 saturated heterocycles. The Labute approximate surface area is 123 Å². The molecule has 4 nitrogen and oxygen atoms in total. The molecule has 0 heterocycles. The average Bonchev–Trinajstić information content (AvgIpc) is 2.52. The Bertz CT molecular complexity index is 602. The smallest absolute Gasteiger partial charge is 0.337 e. The summed E-state index contributed by atoms with van der Waals surface area (Å²) < 4.78 is 10.4. The highest BCUT2D eigenvalue weighted by atomic mass is 16.5. The van der Waals surface area contributed by atoms with E-state index in [1.165, 1.54) is 7.11 Å². The van der Waals surface area contributed by atoms with Gasteiger partial charge >= 0.3 is 5.97 Å². The van der Waals surface area contributed by atoms with E-state index in [1.807, 2.05) is 36.4 Å². The van der Waals surface area contributed by atoms with Crippen LogP contribution in [-0.4, -0.2) is 18.2 Å². The van der Waals surface area contributed by atoms with Gasteiger partial charge < -0.3 is 14.6 Å². The lowest BCUT2D eigenvalue weighted by molar-refractivity contribution is 0.0600. The summed E-state index contributed by atoms with van der Waals surface area (Å²) in [5.41, 5.74) is 2.19. The van der Waals surface area contributed by atoms with Crippen LogP contribution >= 0.6 is 0 Å². The van der Waals surface area contributed by atoms with Crippen LogP contribution in [0.2, 0.25) is 0 Å². The summed E-state index contributed by atoms with van der Waals surface area (Å²) in [6, 6.07) is 14.4. The highest BCUT2D eigenvalue weighted by molar-refractivity contribution is 5.89. The van der Waals surface area contributed by atoms with Crippen molar-refractivity contribution in [2.45, 2.75) is 19.6 Å². The Balaban J connectivity index is 2.05. The molecule has 0 aliphatic heterocycles. The van der Waals surface area contributed by atoms with Crippen LogP contribution in [0.25, 0.3) is 0 Å². The maximum Gasteiger partial charge on any atom is 0.337 e. The van der Waals surface area contributed by atoms with Crippen molar-refractivity contribution in [2.75, 3.05) is 7.11 Å². The van der Waals surface area contributed by atoms with Gasteiger partial charge in [0.1, 0.15) is 12.4 Å². The first-order valence-corrected chi connectivity index (χ1v) is 6.69. The number of para-hydroxylation sites is 1. The lowest BCUT2D eigenvalue weighted by Crippen LogP contribution is -2.03. The topological polar surface area (TPSA) is 55.8 Å². The second kappa shape index (κ2) is 6.90. The molecule has 2 aromatic carbocycles. The zero-order chi connectivity index (χ0) is 15.2. The van der Waals surface area contributed by atoms with E-state index in [0.29, 0.717) is 17.9 Å². The Hall–Kier alpha value is -2.33. The fourth-order valence-electron chi connectivity index (χ4n) is 1.97. The molecule has 4 heteroatoms. The Morgan fingerprint density at radius 2 is 1.81 bits per heavy atom. The summed E-state index contributed by atoms with van der Waals surface area (Å²) in [5, 5.41) is 9.69. The molecule has 0 radical (unpaired) electrons. The fourth-order valence-corrected chi connectivity index (χ4v) is 1.97. The highest BCUT2D eigenvalue weighted by Crippen LogP contribution is 2.25. The van der Waals surface area contributed by atoms with Gasteiger partial charge in [-0.15, -0.1) is 0 Å². The molecule has 2 aromatic rings. The van der Waals surface area contributed by atoms with Gasteiger partial charge in [-0.1, -0.05) is 30.3 Å². The first-order valence-electron chi connectivity index (χ1n) is 6.69. The third kappa shape index (κ3) is 3.83. The van der Waals surface area contributed by atoms with Gasteiger partial charge in [-0.05, 0) is 30.7 Å². The number of hydrogen-bond acceptors (Lipinski definition) is 4. The minimum absolute atomic E-state index is 0.359. The number of hydrogen-bond donors (Lipinski definition) is 1. The minimum atomic E-state index is -0.581. The molecule has 0 aromatic heterocycles. The maximum atomic E-state index is 11.3. The van der Waals surface area contributed by atoms with E-state index in [-0.39, 0.29) is 5.97 Å². The van der Waals surface area contributed by atoms with Crippen LogP contribution in [-0.2, 0) is 11.3 Å². The van der Waals surface area contributed by atoms with E-state index in [2.05, 4.69) is 4.74 Å². The van der Waals surface area contributed by atoms with E-state index in [1.54, 1.807) is 19.1 Å². The number of methoxy groups -OCH3 is 1. The van der Waals surface area contributed by atoms with E-state index >= 15 is 0 Å². The van der Waals surface area contributed by atoms with Crippen molar-refractivity contribution in [1.82, 2.24) is 0 Å². The normalized spacial score (nSPS) is 11.8. The van der Waals surface area contributed by atoms with Gasteiger partial charge in [0, 0.05) is 5.56 Å². The predicted molar refractivity (Wildman–Crippen MR) is 79.2 cm³/mol. The summed E-state index contributed by atoms with van der Waals surface area (Å²) in [7, 11) is 1.35. The van der Waals surface area contributed by atoms with Crippen LogP contribution in [0.3, 0.4) is 0 Å². The third-order valence-electron chi connectivity index (χ3n) is 3.14. The zero-order valence-corrected chi connectivity index (χ0v) is 12.1. The maximum absolute atomic E-state index is 11.3. The van der Waals surface area contributed by atoms with Crippen molar-refractivity contribution in [3.05, 3.63) is 65.2 Å². The average molecular weight is 286 g/mol. The van der Waals surface area contributed by atoms with Gasteiger partial charge in [-0.3, -0.25) is 0 Å². The summed E-state index contributed by atoms with van der Waals surface area (Å²) in [6.07, 6.45) is -0.581. The van der Waals surface area contributed by atoms with E-state index in [0.717, 1.165) is 11.1 Å². The first-order chi connectivity index (χ1) is 10.1. The van der Waals surface area contributed by atoms with Crippen LogP contribution in [0.1, 0.15) is 34.5 Å². The van der Waals surface area contributed by atoms with Gasteiger partial charge in [0.15, 0.2) is 0 Å². The van der Waals surface area contributed by atoms with Crippen molar-refractivity contribution in [1.29, 1.82) is 0 Å². The number of rotatable bonds is 5. The molecule has 1 atom stereocenters. The van der Waals surface area contributed by atoms with Gasteiger partial charge in [0.2, 0.25) is 0 Å². The van der Waals surface area contributed by atoms with Crippen LogP contribution < -0.4 is 4.74 Å². The number of carbonyl (C=O) groups excluding carboxylic acids is 1. The SMILES string of the molecule is COC(=O)c1ccc(COc2ccccc2C(C)O)cc1. The predicted octanol–water partition coefficient (Wildman–Crippen LogP) is 3.11. The van der Waals surface area contributed by atoms with E-state index in [9.17, 15) is 9.90 Å². The lowest BCUT2D eigenvalue weighted by atomic mass is 10.1. The highest BCUT2D eigenvalue weighted by Gasteiger charge is 2.09. The molecule has 0 fully saturated rings. The monoisotopic (exact) mass is 286 g/mol. The number of esters is 1. The molecule has 110 valence electrons. The van der Waals surface area contributed by atoms with Crippen LogP contribution in [0.4, 0.5) is 0 Å². The summed E-state index contributed by atoms with van der Waals surface area (Å²) in [6.45, 7) is 2.07. The standard InChI is InChI=1S/C17H18O4/c1-12(18)15-5-3-4-6-16(15)21-11-13-7-9-14(10-8-13)17(19)20-2/h3-10,12,18H,11H2,1-2H3. The molecule has 0 amide bonds. The molecular weight excluding hydrogens is 268 g/mol. The van der Waals surface area contributed by atoms with Gasteiger partial charge in [0.25, 0.3) is 0 Å². The largest absolute Gasteiger partial charge is 0.489 e. The third-order valence-corrected chi connectivity index (χ3v) is 3.14. The number of aliphatic hydroxyl groups excluding tert-OH is 1. The molecule has 2 rings (SSSR count). The van der Waals surface area contributed by atoms with E-state index in [4.69, 9.17) is 4.74 Å². The van der Waals surface area contributed by atoms with Gasteiger partial charge in [-0.25, -0.2) is 4.79 Å². The second-order valence-electron chi connectivity index (χ2n) is 4.69. The molecule has 0 aliphatic rings. The Kier molecular flexibility index (Phi) is 4.95. The zero-order valence-electron chi connectivity index (χ0n) is 12.1. The van der Waals surface area contributed by atoms with Crippen LogP contribution in [0.15, 0.2) is 48.5 Å². The summed E-state index contributed by atoms with van der Waals surface area (Å²) >= 11 is 0. The van der Waals surface area contributed by atoms with Crippen LogP contribution in [0.5, 0.6) is 5.75 Å². The molecule has 0 saturated carbocycles. The van der Waals surface area contributed by atoms with Crippen LogP contribution in [0, 0.1) is 0 Å². The fraction of sp³-hybridized carbons (Fsp3) is 0.235. The molecule has 0 spiro atoms. The summed E-state index contributed by atoms with van der Waals surface area (Å²) in [4.78, 5) is 11.3. The number of ether oxygens (including phenoxy) is 2. The van der Waals surface area contributed by atoms with Crippen molar-refractivity contribution in [3.8, 4) is 5.75 Å². The molecule has 0 aliphatic carbocycles. The second-order valence-corrected chi connectivity index (χ2v) is 4.69. The van der Waals surface area contributed by atoms with Crippen molar-refractivity contribution in [2.24, 2.45) is 0 Å². The molecule has 0 bridgehead atoms. The number of aliphatic hydroxyl groups is 1. The van der Waals surface area contributed by atoms with E-state index < -0.39 is 6.10 Å². The molecular formula is C17H18O4. The number of benzene rings is 2. The van der Waals surface area contributed by atoms with Gasteiger partial charge in [-0.2, -0.15) is 0 Å².